The Kier molecular flexibility index (Phi) is 4.12. The monoisotopic (exact) mass is 88.1 g/mol. The molecule has 0 fully saturated rings. The molecule has 0 aliphatic rings. The lowest BCUT2D eigenvalue weighted by molar-refractivity contribution is -0.222. The molecular weight excluding hydrogens is 80.0 g/mol. The van der Waals surface area contributed by atoms with E-state index in [1.807, 2.05) is 6.92 Å². The Morgan fingerprint density at radius 3 is 2.33 bits per heavy atom. The van der Waals surface area contributed by atoms with Crippen molar-refractivity contribution in [3.05, 3.63) is 12.3 Å². The molecule has 0 spiro atoms. The summed E-state index contributed by atoms with van der Waals surface area (Å²) in [6, 6.07) is 0. The van der Waals surface area contributed by atoms with E-state index in [1.54, 1.807) is 6.08 Å². The summed E-state index contributed by atoms with van der Waals surface area (Å²) in [7, 11) is 1.46. The Labute approximate surface area is 37.3 Å². The molecule has 0 heterocycles. The van der Waals surface area contributed by atoms with Crippen molar-refractivity contribution in [3.8, 4) is 0 Å². The third-order valence-electron chi connectivity index (χ3n) is 0.288. The second kappa shape index (κ2) is 4.50. The largest absolute Gasteiger partial charge is 0.346 e. The van der Waals surface area contributed by atoms with Crippen molar-refractivity contribution in [2.24, 2.45) is 0 Å². The topological polar surface area (TPSA) is 18.5 Å². The van der Waals surface area contributed by atoms with E-state index in [1.165, 1.54) is 13.4 Å². The maximum Gasteiger partial charge on any atom is 0.125 e. The van der Waals surface area contributed by atoms with E-state index in [9.17, 15) is 0 Å². The first-order chi connectivity index (χ1) is 2.91. The zero-order valence-corrected chi connectivity index (χ0v) is 3.97. The highest BCUT2D eigenvalue weighted by Crippen LogP contribution is 1.72. The molecule has 0 saturated carbocycles. The van der Waals surface area contributed by atoms with Gasteiger partial charge in [-0.15, -0.1) is 0 Å². The fraction of sp³-hybridized carbons (Fsp3) is 0.500. The molecule has 0 aromatic heterocycles. The molecule has 0 aromatic carbocycles. The number of allylic oxidation sites excluding steroid dienone is 1. The summed E-state index contributed by atoms with van der Waals surface area (Å²) in [5, 5.41) is 0. The fourth-order valence-electron chi connectivity index (χ4n) is 0.111. The van der Waals surface area contributed by atoms with E-state index >= 15 is 0 Å². The van der Waals surface area contributed by atoms with E-state index < -0.39 is 0 Å². The second-order valence-corrected chi connectivity index (χ2v) is 0.732. The Bertz CT molecular complexity index is 40.8. The van der Waals surface area contributed by atoms with Gasteiger partial charge < -0.3 is 4.89 Å². The maximum atomic E-state index is 4.30. The lowest BCUT2D eigenvalue weighted by Gasteiger charge is -1.85. The van der Waals surface area contributed by atoms with Crippen molar-refractivity contribution >= 4 is 0 Å². The summed E-state index contributed by atoms with van der Waals surface area (Å²) >= 11 is 0. The van der Waals surface area contributed by atoms with Crippen LogP contribution in [0.15, 0.2) is 12.3 Å². The molecule has 6 heavy (non-hydrogen) atoms. The lowest BCUT2D eigenvalue weighted by Crippen LogP contribution is -1.73. The first-order valence-corrected chi connectivity index (χ1v) is 1.72. The lowest BCUT2D eigenvalue weighted by atomic mass is 10.7. The predicted octanol–water partition coefficient (Wildman–Crippen LogP) is 1.10. The van der Waals surface area contributed by atoms with Gasteiger partial charge in [0.2, 0.25) is 0 Å². The molecule has 2 nitrogen and oxygen atoms in total. The molecule has 0 bridgehead atoms. The standard InChI is InChI=1S/C4H8O2/c1-3-4-6-5-2/h3-4H,1-2H3/b4-3+. The van der Waals surface area contributed by atoms with Crippen LogP contribution in [0.4, 0.5) is 0 Å². The van der Waals surface area contributed by atoms with Crippen LogP contribution in [0.25, 0.3) is 0 Å². The summed E-state index contributed by atoms with van der Waals surface area (Å²) in [6.07, 6.45) is 3.20. The van der Waals surface area contributed by atoms with Crippen LogP contribution in [0.3, 0.4) is 0 Å². The summed E-state index contributed by atoms with van der Waals surface area (Å²) in [5.74, 6) is 0. The minimum Gasteiger partial charge on any atom is -0.346 e. The van der Waals surface area contributed by atoms with Gasteiger partial charge in [-0.2, -0.15) is 4.89 Å². The second-order valence-electron chi connectivity index (χ2n) is 0.732. The molecule has 0 rings (SSSR count). The zero-order chi connectivity index (χ0) is 4.83. The molecule has 0 aromatic rings. The normalized spacial score (nSPS) is 9.67. The van der Waals surface area contributed by atoms with Crippen LogP contribution in [-0.4, -0.2) is 7.11 Å². The minimum atomic E-state index is 1.46. The van der Waals surface area contributed by atoms with Crippen LogP contribution >= 0.6 is 0 Å². The first kappa shape index (κ1) is 5.50. The SMILES string of the molecule is C/C=C/OOC. The molecule has 0 aliphatic heterocycles. The van der Waals surface area contributed by atoms with Crippen LogP contribution in [0.1, 0.15) is 6.92 Å². The fourth-order valence-corrected chi connectivity index (χ4v) is 0.111. The van der Waals surface area contributed by atoms with Gasteiger partial charge in [0, 0.05) is 0 Å². The van der Waals surface area contributed by atoms with Gasteiger partial charge in [0.05, 0.1) is 7.11 Å². The zero-order valence-electron chi connectivity index (χ0n) is 3.97. The predicted molar refractivity (Wildman–Crippen MR) is 22.9 cm³/mol. The van der Waals surface area contributed by atoms with Gasteiger partial charge in [0.1, 0.15) is 6.26 Å². The Balaban J connectivity index is 2.66. The van der Waals surface area contributed by atoms with Crippen molar-refractivity contribution in [2.45, 2.75) is 6.92 Å². The molecule has 0 amide bonds. The minimum absolute atomic E-state index is 1.46. The summed E-state index contributed by atoms with van der Waals surface area (Å²) in [6.45, 7) is 1.85. The third-order valence-corrected chi connectivity index (χ3v) is 0.288. The summed E-state index contributed by atoms with van der Waals surface area (Å²) < 4.78 is 0. The molecule has 36 valence electrons. The number of hydrogen-bond donors (Lipinski definition) is 0. The van der Waals surface area contributed by atoms with Gasteiger partial charge in [-0.25, -0.2) is 0 Å². The third kappa shape index (κ3) is 3.50. The van der Waals surface area contributed by atoms with E-state index in [0.717, 1.165) is 0 Å². The van der Waals surface area contributed by atoms with Gasteiger partial charge in [0.15, 0.2) is 0 Å². The Morgan fingerprint density at radius 1 is 1.50 bits per heavy atom. The molecule has 0 radical (unpaired) electrons. The van der Waals surface area contributed by atoms with E-state index in [4.69, 9.17) is 0 Å². The van der Waals surface area contributed by atoms with Crippen LogP contribution in [-0.2, 0) is 9.78 Å². The van der Waals surface area contributed by atoms with E-state index in [-0.39, 0.29) is 0 Å². The molecule has 0 aliphatic carbocycles. The van der Waals surface area contributed by atoms with E-state index in [2.05, 4.69) is 9.78 Å². The van der Waals surface area contributed by atoms with Crippen molar-refractivity contribution in [3.63, 3.8) is 0 Å². The summed E-state index contributed by atoms with van der Waals surface area (Å²) in [5.41, 5.74) is 0. The average Bonchev–Trinajstić information content (AvgIpc) is 1.61. The molecule has 0 atom stereocenters. The van der Waals surface area contributed by atoms with Gasteiger partial charge in [-0.3, -0.25) is 0 Å². The highest BCUT2D eigenvalue weighted by molar-refractivity contribution is 4.62. The van der Waals surface area contributed by atoms with Crippen molar-refractivity contribution in [1.82, 2.24) is 0 Å². The van der Waals surface area contributed by atoms with Gasteiger partial charge in [0.25, 0.3) is 0 Å². The molecule has 0 N–H and O–H groups in total. The van der Waals surface area contributed by atoms with Gasteiger partial charge >= 0.3 is 0 Å². The van der Waals surface area contributed by atoms with Crippen LogP contribution < -0.4 is 0 Å². The quantitative estimate of drug-likeness (QED) is 0.286. The van der Waals surface area contributed by atoms with Crippen LogP contribution in [0.5, 0.6) is 0 Å². The number of rotatable bonds is 2. The molecule has 0 saturated heterocycles. The van der Waals surface area contributed by atoms with Gasteiger partial charge in [-0.05, 0) is 13.0 Å². The van der Waals surface area contributed by atoms with E-state index in [0.29, 0.717) is 0 Å². The van der Waals surface area contributed by atoms with Crippen LogP contribution in [0, 0.1) is 0 Å². The van der Waals surface area contributed by atoms with Crippen molar-refractivity contribution in [1.29, 1.82) is 0 Å². The molecule has 0 unspecified atom stereocenters. The van der Waals surface area contributed by atoms with Crippen molar-refractivity contribution < 1.29 is 9.78 Å². The van der Waals surface area contributed by atoms with Crippen LogP contribution in [0.2, 0.25) is 0 Å². The Morgan fingerprint density at radius 2 is 2.17 bits per heavy atom. The first-order valence-electron chi connectivity index (χ1n) is 1.72. The molecule has 2 heteroatoms. The highest BCUT2D eigenvalue weighted by Gasteiger charge is 1.59. The van der Waals surface area contributed by atoms with Gasteiger partial charge in [-0.1, -0.05) is 0 Å². The number of hydrogen-bond acceptors (Lipinski definition) is 2. The highest BCUT2D eigenvalue weighted by atomic mass is 17.2. The average molecular weight is 88.1 g/mol. The maximum absolute atomic E-state index is 4.30. The molecular formula is C4H8O2. The summed E-state index contributed by atoms with van der Waals surface area (Å²) in [4.78, 5) is 8.50. The van der Waals surface area contributed by atoms with Crippen molar-refractivity contribution in [2.75, 3.05) is 7.11 Å². The smallest absolute Gasteiger partial charge is 0.125 e. The Hall–Kier alpha value is -0.500.